The largest absolute Gasteiger partial charge is 0.462 e. The molecule has 100 valence electrons. The highest BCUT2D eigenvalue weighted by atomic mass is 35.5. The van der Waals surface area contributed by atoms with E-state index in [2.05, 4.69) is 10.1 Å². The quantitative estimate of drug-likeness (QED) is 0.626. The summed E-state index contributed by atoms with van der Waals surface area (Å²) in [6, 6.07) is 0. The minimum atomic E-state index is -0.406. The second-order valence-corrected chi connectivity index (χ2v) is 4.91. The first-order chi connectivity index (χ1) is 9.22. The van der Waals surface area contributed by atoms with Gasteiger partial charge in [0.1, 0.15) is 10.7 Å². The Morgan fingerprint density at radius 1 is 1.47 bits per heavy atom. The molecule has 5 nitrogen and oxygen atoms in total. The molecule has 0 bridgehead atoms. The van der Waals surface area contributed by atoms with Gasteiger partial charge in [0.2, 0.25) is 0 Å². The van der Waals surface area contributed by atoms with Crippen LogP contribution in [0.15, 0.2) is 6.20 Å². The summed E-state index contributed by atoms with van der Waals surface area (Å²) in [5.74, 6) is -0.406. The lowest BCUT2D eigenvalue weighted by molar-refractivity contribution is 0.0528. The number of aryl methyl sites for hydroxylation is 1. The van der Waals surface area contributed by atoms with E-state index in [-0.39, 0.29) is 0 Å². The van der Waals surface area contributed by atoms with Crippen LogP contribution < -0.4 is 0 Å². The van der Waals surface area contributed by atoms with Gasteiger partial charge in [-0.15, -0.1) is 0 Å². The van der Waals surface area contributed by atoms with E-state index in [0.29, 0.717) is 23.0 Å². The average Bonchev–Trinajstić information content (AvgIpc) is 2.83. The van der Waals surface area contributed by atoms with E-state index >= 15 is 0 Å². The van der Waals surface area contributed by atoms with Crippen LogP contribution in [0, 0.1) is 0 Å². The van der Waals surface area contributed by atoms with E-state index in [1.807, 2.05) is 0 Å². The van der Waals surface area contributed by atoms with Crippen molar-refractivity contribution in [3.63, 3.8) is 0 Å². The molecule has 0 amide bonds. The summed E-state index contributed by atoms with van der Waals surface area (Å²) in [6.07, 6.45) is 5.52. The number of carbonyl (C=O) groups excluding carboxylic acids is 1. The van der Waals surface area contributed by atoms with Crippen molar-refractivity contribution in [1.29, 1.82) is 0 Å². The highest BCUT2D eigenvalue weighted by Gasteiger charge is 2.22. The number of hydrogen-bond donors (Lipinski definition) is 0. The summed E-state index contributed by atoms with van der Waals surface area (Å²) in [7, 11) is 0. The second-order valence-electron chi connectivity index (χ2n) is 4.55. The molecule has 2 aromatic heterocycles. The fraction of sp³-hybridized carbons (Fsp3) is 0.462. The van der Waals surface area contributed by atoms with Gasteiger partial charge in [0.25, 0.3) is 0 Å². The molecule has 0 N–H and O–H groups in total. The van der Waals surface area contributed by atoms with Gasteiger partial charge in [-0.1, -0.05) is 11.6 Å². The van der Waals surface area contributed by atoms with Crippen molar-refractivity contribution < 1.29 is 9.53 Å². The fourth-order valence-electron chi connectivity index (χ4n) is 2.44. The first kappa shape index (κ1) is 12.4. The Balaban J connectivity index is 2.18. The molecule has 1 aliphatic rings. The third-order valence-corrected chi connectivity index (χ3v) is 3.74. The molecule has 3 rings (SSSR count). The zero-order valence-corrected chi connectivity index (χ0v) is 11.4. The number of hydrogen-bond acceptors (Lipinski definition) is 4. The number of rotatable bonds is 2. The summed E-state index contributed by atoms with van der Waals surface area (Å²) in [5, 5.41) is 4.72. The molecule has 2 heterocycles. The lowest BCUT2D eigenvalue weighted by Gasteiger charge is -2.16. The second kappa shape index (κ2) is 4.81. The van der Waals surface area contributed by atoms with Gasteiger partial charge in [-0.3, -0.25) is 0 Å². The molecule has 0 saturated carbocycles. The van der Waals surface area contributed by atoms with E-state index in [9.17, 15) is 4.79 Å². The van der Waals surface area contributed by atoms with Crippen molar-refractivity contribution in [2.24, 2.45) is 0 Å². The summed E-state index contributed by atoms with van der Waals surface area (Å²) in [4.78, 5) is 16.4. The predicted molar refractivity (Wildman–Crippen MR) is 70.6 cm³/mol. The monoisotopic (exact) mass is 279 g/mol. The van der Waals surface area contributed by atoms with Crippen LogP contribution in [0.25, 0.3) is 5.65 Å². The van der Waals surface area contributed by atoms with Crippen LogP contribution in [-0.2, 0) is 17.6 Å². The lowest BCUT2D eigenvalue weighted by Crippen LogP contribution is -2.11. The SMILES string of the molecule is CCOC(=O)c1cnn2c(Cl)c3c(nc12)CCCC3. The van der Waals surface area contributed by atoms with Gasteiger partial charge in [0.15, 0.2) is 5.65 Å². The Bertz CT molecular complexity index is 651. The molecule has 1 aliphatic carbocycles. The van der Waals surface area contributed by atoms with Crippen LogP contribution in [0.1, 0.15) is 41.4 Å². The molecule has 6 heteroatoms. The van der Waals surface area contributed by atoms with Gasteiger partial charge in [-0.25, -0.2) is 14.3 Å². The lowest BCUT2D eigenvalue weighted by atomic mass is 9.97. The normalized spacial score (nSPS) is 14.4. The Labute approximate surface area is 115 Å². The minimum absolute atomic E-state index is 0.328. The third kappa shape index (κ3) is 1.98. The molecular weight excluding hydrogens is 266 g/mol. The van der Waals surface area contributed by atoms with Gasteiger partial charge in [0, 0.05) is 11.3 Å². The molecule has 19 heavy (non-hydrogen) atoms. The minimum Gasteiger partial charge on any atom is -0.462 e. The van der Waals surface area contributed by atoms with Crippen LogP contribution >= 0.6 is 11.6 Å². The zero-order valence-electron chi connectivity index (χ0n) is 10.6. The van der Waals surface area contributed by atoms with Crippen molar-refractivity contribution in [3.05, 3.63) is 28.2 Å². The van der Waals surface area contributed by atoms with Gasteiger partial charge in [-0.2, -0.15) is 5.10 Å². The van der Waals surface area contributed by atoms with Crippen molar-refractivity contribution in [3.8, 4) is 0 Å². The van der Waals surface area contributed by atoms with E-state index in [1.165, 1.54) is 10.7 Å². The standard InChI is InChI=1S/C13H14ClN3O2/c1-2-19-13(18)9-7-15-17-11(14)8-5-3-4-6-10(8)16-12(9)17/h7H,2-6H2,1H3. The number of halogens is 1. The maximum Gasteiger partial charge on any atom is 0.343 e. The van der Waals surface area contributed by atoms with Gasteiger partial charge < -0.3 is 4.74 Å². The maximum atomic E-state index is 11.8. The number of carbonyl (C=O) groups is 1. The molecule has 0 aromatic carbocycles. The summed E-state index contributed by atoms with van der Waals surface area (Å²) < 4.78 is 6.53. The van der Waals surface area contributed by atoms with Gasteiger partial charge >= 0.3 is 5.97 Å². The zero-order chi connectivity index (χ0) is 13.4. The van der Waals surface area contributed by atoms with Crippen LogP contribution in [0.3, 0.4) is 0 Å². The van der Waals surface area contributed by atoms with Crippen molar-refractivity contribution in [1.82, 2.24) is 14.6 Å². The van der Waals surface area contributed by atoms with Crippen LogP contribution in [-0.4, -0.2) is 27.2 Å². The molecule has 0 fully saturated rings. The van der Waals surface area contributed by atoms with E-state index < -0.39 is 5.97 Å². The fourth-order valence-corrected chi connectivity index (χ4v) is 2.76. The third-order valence-electron chi connectivity index (χ3n) is 3.35. The molecule has 0 radical (unpaired) electrons. The predicted octanol–water partition coefficient (Wildman–Crippen LogP) is 2.44. The number of fused-ring (bicyclic) bond motifs is 2. The summed E-state index contributed by atoms with van der Waals surface area (Å²) >= 11 is 6.36. The summed E-state index contributed by atoms with van der Waals surface area (Å²) in [6.45, 7) is 2.10. The van der Waals surface area contributed by atoms with Gasteiger partial charge in [-0.05, 0) is 32.6 Å². The molecular formula is C13H14ClN3O2. The molecule has 0 unspecified atom stereocenters. The number of nitrogens with zero attached hydrogens (tertiary/aromatic N) is 3. The molecule has 0 saturated heterocycles. The van der Waals surface area contributed by atoms with Crippen LogP contribution in [0.5, 0.6) is 0 Å². The Kier molecular flexibility index (Phi) is 3.14. The van der Waals surface area contributed by atoms with Crippen molar-refractivity contribution in [2.45, 2.75) is 32.6 Å². The van der Waals surface area contributed by atoms with Crippen LogP contribution in [0.2, 0.25) is 5.15 Å². The highest BCUT2D eigenvalue weighted by Crippen LogP contribution is 2.28. The Morgan fingerprint density at radius 2 is 2.26 bits per heavy atom. The first-order valence-electron chi connectivity index (χ1n) is 6.44. The van der Waals surface area contributed by atoms with E-state index in [1.54, 1.807) is 6.92 Å². The maximum absolute atomic E-state index is 11.8. The highest BCUT2D eigenvalue weighted by molar-refractivity contribution is 6.30. The molecule has 0 atom stereocenters. The number of esters is 1. The smallest absolute Gasteiger partial charge is 0.343 e. The molecule has 2 aromatic rings. The summed E-state index contributed by atoms with van der Waals surface area (Å²) in [5.41, 5.74) is 2.90. The van der Waals surface area contributed by atoms with Crippen molar-refractivity contribution in [2.75, 3.05) is 6.61 Å². The molecule has 0 aliphatic heterocycles. The van der Waals surface area contributed by atoms with Gasteiger partial charge in [0.05, 0.1) is 12.8 Å². The average molecular weight is 280 g/mol. The Hall–Kier alpha value is -1.62. The van der Waals surface area contributed by atoms with E-state index in [0.717, 1.165) is 36.9 Å². The Morgan fingerprint density at radius 3 is 3.05 bits per heavy atom. The number of ether oxygens (including phenoxy) is 1. The first-order valence-corrected chi connectivity index (χ1v) is 6.82. The van der Waals surface area contributed by atoms with Crippen LogP contribution in [0.4, 0.5) is 0 Å². The molecule has 0 spiro atoms. The number of aromatic nitrogens is 3. The van der Waals surface area contributed by atoms with E-state index in [4.69, 9.17) is 16.3 Å². The van der Waals surface area contributed by atoms with Crippen molar-refractivity contribution >= 4 is 23.2 Å². The topological polar surface area (TPSA) is 56.5 Å².